The second-order valence-corrected chi connectivity index (χ2v) is 6.44. The molecule has 1 aromatic rings. The van der Waals surface area contributed by atoms with Gasteiger partial charge in [0.05, 0.1) is 5.92 Å². The van der Waals surface area contributed by atoms with Crippen LogP contribution in [0.2, 0.25) is 0 Å². The lowest BCUT2D eigenvalue weighted by Crippen LogP contribution is -2.44. The average molecular weight is 273 g/mol. The summed E-state index contributed by atoms with van der Waals surface area (Å²) in [6.45, 7) is 8.53. The van der Waals surface area contributed by atoms with Crippen LogP contribution in [0.15, 0.2) is 30.3 Å². The molecule has 0 bridgehead atoms. The number of carbonyl (C=O) groups is 1. The van der Waals surface area contributed by atoms with Crippen molar-refractivity contribution in [3.8, 4) is 0 Å². The fraction of sp³-hybridized carbons (Fsp3) is 0.611. The van der Waals surface area contributed by atoms with Crippen LogP contribution < -0.4 is 0 Å². The van der Waals surface area contributed by atoms with Gasteiger partial charge in [-0.15, -0.1) is 0 Å². The number of likely N-dealkylation sites (tertiary alicyclic amines) is 1. The SMILES string of the molecule is CCCC(C(=O)N1CC(C)CC(C)C1)c1ccccc1. The second kappa shape index (κ2) is 6.92. The molecule has 20 heavy (non-hydrogen) atoms. The second-order valence-electron chi connectivity index (χ2n) is 6.44. The highest BCUT2D eigenvalue weighted by Gasteiger charge is 2.30. The van der Waals surface area contributed by atoms with E-state index in [0.29, 0.717) is 17.7 Å². The summed E-state index contributed by atoms with van der Waals surface area (Å²) >= 11 is 0. The lowest BCUT2D eigenvalue weighted by Gasteiger charge is -2.37. The summed E-state index contributed by atoms with van der Waals surface area (Å²) < 4.78 is 0. The summed E-state index contributed by atoms with van der Waals surface area (Å²) in [5.74, 6) is 1.62. The zero-order valence-electron chi connectivity index (χ0n) is 13.0. The van der Waals surface area contributed by atoms with E-state index in [2.05, 4.69) is 37.8 Å². The summed E-state index contributed by atoms with van der Waals surface area (Å²) in [7, 11) is 0. The van der Waals surface area contributed by atoms with Crippen LogP contribution in [0.5, 0.6) is 0 Å². The molecule has 1 fully saturated rings. The lowest BCUT2D eigenvalue weighted by molar-refractivity contribution is -0.135. The van der Waals surface area contributed by atoms with Gasteiger partial charge in [0, 0.05) is 13.1 Å². The van der Waals surface area contributed by atoms with Gasteiger partial charge < -0.3 is 4.90 Å². The van der Waals surface area contributed by atoms with Crippen LogP contribution >= 0.6 is 0 Å². The topological polar surface area (TPSA) is 20.3 Å². The van der Waals surface area contributed by atoms with Crippen molar-refractivity contribution in [2.24, 2.45) is 11.8 Å². The average Bonchev–Trinajstić information content (AvgIpc) is 2.44. The number of hydrogen-bond acceptors (Lipinski definition) is 1. The van der Waals surface area contributed by atoms with Gasteiger partial charge in [-0.3, -0.25) is 4.79 Å². The third-order valence-corrected chi connectivity index (χ3v) is 4.26. The van der Waals surface area contributed by atoms with Gasteiger partial charge in [-0.2, -0.15) is 0 Å². The quantitative estimate of drug-likeness (QED) is 0.809. The first-order valence-corrected chi connectivity index (χ1v) is 7.95. The van der Waals surface area contributed by atoms with Crippen molar-refractivity contribution < 1.29 is 4.79 Å². The van der Waals surface area contributed by atoms with Gasteiger partial charge in [0.1, 0.15) is 0 Å². The van der Waals surface area contributed by atoms with E-state index < -0.39 is 0 Å². The highest BCUT2D eigenvalue weighted by Crippen LogP contribution is 2.28. The van der Waals surface area contributed by atoms with E-state index in [1.165, 1.54) is 12.0 Å². The van der Waals surface area contributed by atoms with Crippen LogP contribution in [0.3, 0.4) is 0 Å². The Morgan fingerprint density at radius 3 is 2.35 bits per heavy atom. The molecule has 0 saturated carbocycles. The first kappa shape index (κ1) is 15.1. The monoisotopic (exact) mass is 273 g/mol. The number of nitrogens with zero attached hydrogens (tertiary/aromatic N) is 1. The third kappa shape index (κ3) is 3.62. The highest BCUT2D eigenvalue weighted by atomic mass is 16.2. The molecule has 2 nitrogen and oxygen atoms in total. The number of rotatable bonds is 4. The maximum atomic E-state index is 12.9. The van der Waals surface area contributed by atoms with E-state index in [-0.39, 0.29) is 5.92 Å². The Morgan fingerprint density at radius 1 is 1.20 bits per heavy atom. The molecule has 0 spiro atoms. The summed E-state index contributed by atoms with van der Waals surface area (Å²) in [6.07, 6.45) is 3.24. The largest absolute Gasteiger partial charge is 0.342 e. The Balaban J connectivity index is 2.14. The maximum Gasteiger partial charge on any atom is 0.230 e. The molecule has 2 heteroatoms. The number of amides is 1. The predicted octanol–water partition coefficient (Wildman–Crippen LogP) is 4.07. The van der Waals surface area contributed by atoms with Gasteiger partial charge in [0.25, 0.3) is 0 Å². The molecule has 1 saturated heterocycles. The number of piperidine rings is 1. The van der Waals surface area contributed by atoms with Crippen LogP contribution in [-0.2, 0) is 4.79 Å². The number of hydrogen-bond donors (Lipinski definition) is 0. The molecule has 0 aliphatic carbocycles. The van der Waals surface area contributed by atoms with Crippen LogP contribution in [0.1, 0.15) is 51.5 Å². The molecule has 1 aliphatic heterocycles. The minimum atomic E-state index is 0.0405. The Hall–Kier alpha value is -1.31. The molecule has 0 aromatic heterocycles. The zero-order chi connectivity index (χ0) is 14.5. The molecule has 1 aliphatic rings. The molecular weight excluding hydrogens is 246 g/mol. The predicted molar refractivity (Wildman–Crippen MR) is 83.6 cm³/mol. The molecule has 0 N–H and O–H groups in total. The third-order valence-electron chi connectivity index (χ3n) is 4.26. The van der Waals surface area contributed by atoms with Crippen molar-refractivity contribution in [2.45, 2.75) is 46.0 Å². The fourth-order valence-corrected chi connectivity index (χ4v) is 3.47. The van der Waals surface area contributed by atoms with E-state index >= 15 is 0 Å². The first-order valence-electron chi connectivity index (χ1n) is 7.95. The summed E-state index contributed by atoms with van der Waals surface area (Å²) in [4.78, 5) is 15.0. The molecule has 110 valence electrons. The number of benzene rings is 1. The minimum absolute atomic E-state index is 0.0405. The van der Waals surface area contributed by atoms with Crippen LogP contribution in [0.4, 0.5) is 0 Å². The van der Waals surface area contributed by atoms with Crippen LogP contribution in [0, 0.1) is 11.8 Å². The van der Waals surface area contributed by atoms with Crippen molar-refractivity contribution in [3.05, 3.63) is 35.9 Å². The fourth-order valence-electron chi connectivity index (χ4n) is 3.47. The highest BCUT2D eigenvalue weighted by molar-refractivity contribution is 5.83. The standard InChI is InChI=1S/C18H27NO/c1-4-8-17(16-9-6-5-7-10-16)18(20)19-12-14(2)11-15(3)13-19/h5-7,9-10,14-15,17H,4,8,11-13H2,1-3H3. The minimum Gasteiger partial charge on any atom is -0.342 e. The molecule has 1 amide bonds. The Bertz CT molecular complexity index is 418. The summed E-state index contributed by atoms with van der Waals surface area (Å²) in [5, 5.41) is 0. The van der Waals surface area contributed by atoms with E-state index in [9.17, 15) is 4.79 Å². The zero-order valence-corrected chi connectivity index (χ0v) is 13.0. The van der Waals surface area contributed by atoms with Gasteiger partial charge in [-0.1, -0.05) is 57.5 Å². The van der Waals surface area contributed by atoms with E-state index in [4.69, 9.17) is 0 Å². The van der Waals surface area contributed by atoms with Crippen molar-refractivity contribution in [1.29, 1.82) is 0 Å². The van der Waals surface area contributed by atoms with Crippen LogP contribution in [-0.4, -0.2) is 23.9 Å². The van der Waals surface area contributed by atoms with Gasteiger partial charge in [0.2, 0.25) is 5.91 Å². The number of carbonyl (C=O) groups excluding carboxylic acids is 1. The van der Waals surface area contributed by atoms with E-state index in [1.54, 1.807) is 0 Å². The van der Waals surface area contributed by atoms with Gasteiger partial charge in [-0.05, 0) is 30.2 Å². The molecule has 3 unspecified atom stereocenters. The van der Waals surface area contributed by atoms with Crippen molar-refractivity contribution in [3.63, 3.8) is 0 Å². The van der Waals surface area contributed by atoms with Crippen LogP contribution in [0.25, 0.3) is 0 Å². The van der Waals surface area contributed by atoms with Crippen molar-refractivity contribution >= 4 is 5.91 Å². The normalized spacial score (nSPS) is 24.4. The van der Waals surface area contributed by atoms with Crippen molar-refractivity contribution in [2.75, 3.05) is 13.1 Å². The van der Waals surface area contributed by atoms with Gasteiger partial charge in [0.15, 0.2) is 0 Å². The molecule has 1 aromatic carbocycles. The summed E-state index contributed by atoms with van der Waals surface area (Å²) in [5.41, 5.74) is 1.17. The van der Waals surface area contributed by atoms with Gasteiger partial charge >= 0.3 is 0 Å². The Labute approximate surface area is 123 Å². The first-order chi connectivity index (χ1) is 9.61. The molecule has 2 rings (SSSR count). The van der Waals surface area contributed by atoms with Crippen molar-refractivity contribution in [1.82, 2.24) is 4.90 Å². The molecule has 3 atom stereocenters. The van der Waals surface area contributed by atoms with Gasteiger partial charge in [-0.25, -0.2) is 0 Å². The lowest BCUT2D eigenvalue weighted by atomic mass is 9.88. The maximum absolute atomic E-state index is 12.9. The summed E-state index contributed by atoms with van der Waals surface area (Å²) in [6, 6.07) is 10.3. The van der Waals surface area contributed by atoms with E-state index in [1.807, 2.05) is 18.2 Å². The smallest absolute Gasteiger partial charge is 0.230 e. The molecular formula is C18H27NO. The Morgan fingerprint density at radius 2 is 1.80 bits per heavy atom. The van der Waals surface area contributed by atoms with E-state index in [0.717, 1.165) is 25.9 Å². The Kier molecular flexibility index (Phi) is 5.22. The molecule has 0 radical (unpaired) electrons. The molecule has 1 heterocycles.